The first kappa shape index (κ1) is 24.7. The molecular weight excluding hydrogens is 498 g/mol. The lowest BCUT2D eigenvalue weighted by atomic mass is 10.0. The van der Waals surface area contributed by atoms with Gasteiger partial charge in [-0.05, 0) is 18.6 Å². The predicted molar refractivity (Wildman–Crippen MR) is 125 cm³/mol. The van der Waals surface area contributed by atoms with Crippen molar-refractivity contribution in [3.63, 3.8) is 0 Å². The molecule has 2 atom stereocenters. The number of aliphatic hydroxyl groups is 1. The minimum atomic E-state index is -1.25. The van der Waals surface area contributed by atoms with E-state index in [2.05, 4.69) is 15.5 Å². The van der Waals surface area contributed by atoms with Crippen molar-refractivity contribution in [1.29, 1.82) is 5.41 Å². The van der Waals surface area contributed by atoms with Gasteiger partial charge in [-0.3, -0.25) is 29.3 Å². The zero-order valence-corrected chi connectivity index (χ0v) is 20.4. The first-order valence-electron chi connectivity index (χ1n) is 10.4. The van der Waals surface area contributed by atoms with Gasteiger partial charge in [0.1, 0.15) is 35.4 Å². The van der Waals surface area contributed by atoms with Gasteiger partial charge in [-0.15, -0.1) is 23.1 Å². The fourth-order valence-electron chi connectivity index (χ4n) is 3.92. The van der Waals surface area contributed by atoms with Gasteiger partial charge in [-0.2, -0.15) is 0 Å². The van der Waals surface area contributed by atoms with E-state index in [4.69, 9.17) is 10.2 Å². The average molecular weight is 522 g/mol. The van der Waals surface area contributed by atoms with E-state index in [1.165, 1.54) is 39.8 Å². The van der Waals surface area contributed by atoms with Crippen molar-refractivity contribution in [2.45, 2.75) is 31.4 Å². The number of carbonyl (C=O) groups excluding carboxylic acids is 2. The predicted octanol–water partition coefficient (Wildman–Crippen LogP) is -0.684. The Morgan fingerprint density at radius 3 is 2.83 bits per heavy atom. The summed E-state index contributed by atoms with van der Waals surface area (Å²) in [5, 5.41) is 35.3. The highest BCUT2D eigenvalue weighted by molar-refractivity contribution is 8.00. The van der Waals surface area contributed by atoms with Crippen molar-refractivity contribution in [2.24, 2.45) is 5.16 Å². The number of nitrogens with one attached hydrogen (secondary N) is 2. The van der Waals surface area contributed by atoms with Crippen LogP contribution in [0.15, 0.2) is 34.1 Å². The van der Waals surface area contributed by atoms with Crippen LogP contribution in [-0.2, 0) is 32.3 Å². The second-order valence-corrected chi connectivity index (χ2v) is 9.81. The first-order chi connectivity index (χ1) is 16.8. The van der Waals surface area contributed by atoms with Crippen LogP contribution in [-0.4, -0.2) is 83.8 Å². The lowest BCUT2D eigenvalue weighted by Gasteiger charge is -2.49. The smallest absolute Gasteiger partial charge is 0.352 e. The van der Waals surface area contributed by atoms with Crippen molar-refractivity contribution >= 4 is 46.6 Å². The summed E-state index contributed by atoms with van der Waals surface area (Å²) in [5.74, 6) is -2.15. The molecule has 2 aliphatic rings. The van der Waals surface area contributed by atoms with Gasteiger partial charge in [0.05, 0.1) is 24.7 Å². The van der Waals surface area contributed by atoms with Crippen LogP contribution in [0.3, 0.4) is 0 Å². The summed E-state index contributed by atoms with van der Waals surface area (Å²) in [6, 6.07) is 0.606. The number of carboxylic acid groups (broad SMARTS) is 1. The molecule has 1 saturated heterocycles. The van der Waals surface area contributed by atoms with Gasteiger partial charge in [-0.1, -0.05) is 5.16 Å². The van der Waals surface area contributed by atoms with E-state index in [1.54, 1.807) is 29.2 Å². The molecule has 186 valence electrons. The van der Waals surface area contributed by atoms with Gasteiger partial charge in [0.2, 0.25) is 0 Å². The van der Waals surface area contributed by atoms with Crippen molar-refractivity contribution in [1.82, 2.24) is 24.6 Å². The van der Waals surface area contributed by atoms with Gasteiger partial charge < -0.3 is 20.4 Å². The second-order valence-electron chi connectivity index (χ2n) is 7.64. The molecule has 13 nitrogen and oxygen atoms in total. The third kappa shape index (κ3) is 4.61. The third-order valence-corrected chi connectivity index (χ3v) is 7.57. The number of amides is 2. The number of nitrogens with zero attached hydrogens (tertiary/aromatic N) is 5. The minimum Gasteiger partial charge on any atom is -0.477 e. The molecule has 35 heavy (non-hydrogen) atoms. The number of thioether (sulfide) groups is 1. The summed E-state index contributed by atoms with van der Waals surface area (Å²) >= 11 is 2.67. The molecule has 0 aromatic carbocycles. The van der Waals surface area contributed by atoms with Crippen LogP contribution >= 0.6 is 23.1 Å². The molecule has 4 rings (SSSR count). The molecule has 0 aliphatic carbocycles. The second kappa shape index (κ2) is 10.1. The van der Waals surface area contributed by atoms with Crippen LogP contribution in [0.5, 0.6) is 0 Å². The van der Waals surface area contributed by atoms with E-state index in [0.29, 0.717) is 17.0 Å². The molecule has 0 radical (unpaired) electrons. The van der Waals surface area contributed by atoms with Crippen molar-refractivity contribution in [2.75, 3.05) is 19.5 Å². The molecule has 0 bridgehead atoms. The number of carboxylic acids is 1. The molecule has 0 unspecified atom stereocenters. The zero-order chi connectivity index (χ0) is 25.3. The maximum absolute atomic E-state index is 13.0. The number of aromatic nitrogens is 3. The standard InChI is InChI=1S/C20H23N7O6S2/c1-10-22-12(9-34-10)14(24-33-2)17(29)23-15-18(30)27-16(20(31)32)11(8-35-19(15)27)7-25-4-3-13(21)26(25)5-6-28/h3-4,9,15,19,21,28H,5-8H2,1-2H3,(H,23,29)(H,31,32)/b21-13?,24-14-/t15-,19-/m1/s1. The number of aryl methyl sites for hydroxylation is 1. The quantitative estimate of drug-likeness (QED) is 0.191. The van der Waals surface area contributed by atoms with E-state index in [9.17, 15) is 24.6 Å². The normalized spacial score (nSPS) is 19.9. The zero-order valence-electron chi connectivity index (χ0n) is 18.8. The first-order valence-corrected chi connectivity index (χ1v) is 12.4. The molecule has 4 heterocycles. The summed E-state index contributed by atoms with van der Waals surface area (Å²) in [7, 11) is 1.30. The van der Waals surface area contributed by atoms with Crippen molar-refractivity contribution in [3.05, 3.63) is 45.1 Å². The fraction of sp³-hybridized carbons (Fsp3) is 0.400. The van der Waals surface area contributed by atoms with Gasteiger partial charge >= 0.3 is 5.97 Å². The number of aliphatic carboxylic acids is 1. The number of aliphatic hydroxyl groups excluding tert-OH is 1. The number of thiazole rings is 1. The van der Waals surface area contributed by atoms with Crippen LogP contribution < -0.4 is 10.8 Å². The summed E-state index contributed by atoms with van der Waals surface area (Å²) in [4.78, 5) is 48.2. The Balaban J connectivity index is 1.55. The lowest BCUT2D eigenvalue weighted by Crippen LogP contribution is -2.71. The number of rotatable bonds is 9. The van der Waals surface area contributed by atoms with Gasteiger partial charge in [-0.25, -0.2) is 9.78 Å². The molecule has 4 N–H and O–H groups in total. The highest BCUT2D eigenvalue weighted by Crippen LogP contribution is 2.40. The third-order valence-electron chi connectivity index (χ3n) is 5.45. The Kier molecular flexibility index (Phi) is 7.09. The number of hydrogen-bond donors (Lipinski definition) is 4. The average Bonchev–Trinajstić information content (AvgIpc) is 3.41. The SMILES string of the molecule is CO/N=C(\C(=O)N[C@@H]1C(=O)N2C(C(=O)O)=C(Cn3ccc(=N)n3CCO)CS[C@H]12)c1csc(C)n1. The largest absolute Gasteiger partial charge is 0.477 e. The van der Waals surface area contributed by atoms with E-state index in [0.717, 1.165) is 5.01 Å². The van der Waals surface area contributed by atoms with Gasteiger partial charge in [0.15, 0.2) is 5.71 Å². The number of β-lactam (4-membered cyclic amide) rings is 1. The Bertz CT molecular complexity index is 1290. The topological polar surface area (TPSA) is 175 Å². The van der Waals surface area contributed by atoms with E-state index >= 15 is 0 Å². The van der Waals surface area contributed by atoms with Gasteiger partial charge in [0.25, 0.3) is 11.8 Å². The number of oxime groups is 1. The van der Waals surface area contributed by atoms with Crippen LogP contribution in [0.4, 0.5) is 0 Å². The molecule has 2 aliphatic heterocycles. The van der Waals surface area contributed by atoms with Crippen LogP contribution in [0.2, 0.25) is 0 Å². The number of carbonyl (C=O) groups is 3. The Morgan fingerprint density at radius 1 is 1.43 bits per heavy atom. The molecule has 2 aromatic heterocycles. The highest BCUT2D eigenvalue weighted by Gasteiger charge is 2.54. The molecule has 2 aromatic rings. The monoisotopic (exact) mass is 521 g/mol. The van der Waals surface area contributed by atoms with Crippen LogP contribution in [0, 0.1) is 12.3 Å². The van der Waals surface area contributed by atoms with Crippen molar-refractivity contribution < 1.29 is 29.4 Å². The summed E-state index contributed by atoms with van der Waals surface area (Å²) in [5.41, 5.74) is 0.756. The lowest BCUT2D eigenvalue weighted by molar-refractivity contribution is -0.150. The van der Waals surface area contributed by atoms with Crippen LogP contribution in [0.25, 0.3) is 0 Å². The van der Waals surface area contributed by atoms with E-state index in [-0.39, 0.29) is 36.6 Å². The molecular formula is C20H23N7O6S2. The van der Waals surface area contributed by atoms with E-state index in [1.807, 2.05) is 0 Å². The summed E-state index contributed by atoms with van der Waals surface area (Å²) in [6.45, 7) is 1.92. The highest BCUT2D eigenvalue weighted by atomic mass is 32.2. The van der Waals surface area contributed by atoms with E-state index < -0.39 is 29.2 Å². The Morgan fingerprint density at radius 2 is 2.20 bits per heavy atom. The fourth-order valence-corrected chi connectivity index (χ4v) is 5.85. The van der Waals surface area contributed by atoms with Crippen LogP contribution in [0.1, 0.15) is 10.7 Å². The Labute approximate surface area is 207 Å². The summed E-state index contributed by atoms with van der Waals surface area (Å²) in [6.07, 6.45) is 1.62. The molecule has 15 heteroatoms. The Hall–Kier alpha value is -3.43. The minimum absolute atomic E-state index is 0.0779. The maximum Gasteiger partial charge on any atom is 0.352 e. The van der Waals surface area contributed by atoms with Gasteiger partial charge in [0, 0.05) is 17.3 Å². The molecule has 2 amide bonds. The molecule has 1 fully saturated rings. The van der Waals surface area contributed by atoms with Crippen molar-refractivity contribution in [3.8, 4) is 0 Å². The molecule has 0 saturated carbocycles. The molecule has 0 spiro atoms. The number of hydrogen-bond acceptors (Lipinski definition) is 10. The number of fused-ring (bicyclic) bond motifs is 1. The maximum atomic E-state index is 13.0. The summed E-state index contributed by atoms with van der Waals surface area (Å²) < 4.78 is 3.14.